The maximum absolute atomic E-state index is 14.3. The summed E-state index contributed by atoms with van der Waals surface area (Å²) in [6.07, 6.45) is -2.44. The van der Waals surface area contributed by atoms with E-state index in [0.29, 0.717) is 32.7 Å². The Balaban J connectivity index is 1.50. The van der Waals surface area contributed by atoms with Gasteiger partial charge in [-0.25, -0.2) is 4.39 Å². The lowest BCUT2D eigenvalue weighted by Crippen LogP contribution is -2.47. The second kappa shape index (κ2) is 13.3. The van der Waals surface area contributed by atoms with Gasteiger partial charge in [0.1, 0.15) is 23.4 Å². The number of ether oxygens (including phenoxy) is 3. The van der Waals surface area contributed by atoms with Crippen molar-refractivity contribution in [3.8, 4) is 5.75 Å². The van der Waals surface area contributed by atoms with E-state index in [1.807, 2.05) is 0 Å². The number of alkyl halides is 3. The van der Waals surface area contributed by atoms with Gasteiger partial charge in [0.2, 0.25) is 0 Å². The molecule has 4 rings (SSSR count). The summed E-state index contributed by atoms with van der Waals surface area (Å²) in [4.78, 5) is 30.1. The number of pyridine rings is 1. The van der Waals surface area contributed by atoms with E-state index in [1.54, 1.807) is 0 Å². The van der Waals surface area contributed by atoms with Crippen molar-refractivity contribution < 1.29 is 41.4 Å². The Hall–Kier alpha value is -3.29. The SMILES string of the molecule is C[C@H]1[C@@H](c2ccc(F)cc2OC2CC2)[C@H](C(=O)Nc2ccnc(C(=O)NCCCOCCCN)c2)O[C@@]1(C)C(F)(F)F. The molecule has 2 aromatic rings. The minimum absolute atomic E-state index is 0.00731. The lowest BCUT2D eigenvalue weighted by Gasteiger charge is -2.32. The summed E-state index contributed by atoms with van der Waals surface area (Å²) in [5, 5.41) is 5.28. The summed E-state index contributed by atoms with van der Waals surface area (Å²) in [5.74, 6) is -4.19. The summed E-state index contributed by atoms with van der Waals surface area (Å²) in [7, 11) is 0. The molecular weight excluding hydrogens is 560 g/mol. The first-order valence-electron chi connectivity index (χ1n) is 14.0. The first-order chi connectivity index (χ1) is 19.9. The second-order valence-corrected chi connectivity index (χ2v) is 10.7. The van der Waals surface area contributed by atoms with Gasteiger partial charge in [0, 0.05) is 55.1 Å². The molecule has 0 unspecified atom stereocenters. The highest BCUT2D eigenvalue weighted by Gasteiger charge is 2.65. The van der Waals surface area contributed by atoms with E-state index >= 15 is 0 Å². The molecule has 2 fully saturated rings. The molecule has 9 nitrogen and oxygen atoms in total. The molecule has 1 saturated heterocycles. The predicted octanol–water partition coefficient (Wildman–Crippen LogP) is 4.33. The van der Waals surface area contributed by atoms with Crippen LogP contribution in [0.25, 0.3) is 0 Å². The van der Waals surface area contributed by atoms with Gasteiger partial charge >= 0.3 is 6.18 Å². The third-order valence-electron chi connectivity index (χ3n) is 7.58. The van der Waals surface area contributed by atoms with E-state index in [0.717, 1.165) is 38.3 Å². The number of halogens is 4. The minimum Gasteiger partial charge on any atom is -0.490 e. The van der Waals surface area contributed by atoms with E-state index in [9.17, 15) is 27.2 Å². The van der Waals surface area contributed by atoms with Gasteiger partial charge in [-0.1, -0.05) is 13.0 Å². The van der Waals surface area contributed by atoms with Crippen molar-refractivity contribution in [1.82, 2.24) is 10.3 Å². The van der Waals surface area contributed by atoms with E-state index in [1.165, 1.54) is 31.3 Å². The van der Waals surface area contributed by atoms with Gasteiger partial charge in [0.15, 0.2) is 5.60 Å². The normalized spacial score (nSPS) is 23.9. The van der Waals surface area contributed by atoms with Crippen LogP contribution in [0, 0.1) is 11.7 Å². The molecule has 13 heteroatoms. The molecule has 1 aliphatic heterocycles. The number of anilines is 1. The van der Waals surface area contributed by atoms with Crippen LogP contribution in [-0.4, -0.2) is 67.1 Å². The second-order valence-electron chi connectivity index (χ2n) is 10.7. The van der Waals surface area contributed by atoms with Gasteiger partial charge in [-0.3, -0.25) is 14.6 Å². The molecule has 42 heavy (non-hydrogen) atoms. The van der Waals surface area contributed by atoms with Crippen molar-refractivity contribution >= 4 is 17.5 Å². The Morgan fingerprint density at radius 1 is 1.17 bits per heavy atom. The van der Waals surface area contributed by atoms with Gasteiger partial charge in [-0.2, -0.15) is 13.2 Å². The maximum Gasteiger partial charge on any atom is 0.417 e. The van der Waals surface area contributed by atoms with E-state index in [2.05, 4.69) is 15.6 Å². The van der Waals surface area contributed by atoms with E-state index < -0.39 is 47.3 Å². The first kappa shape index (κ1) is 31.6. The highest BCUT2D eigenvalue weighted by molar-refractivity contribution is 5.97. The van der Waals surface area contributed by atoms with Crippen molar-refractivity contribution in [1.29, 1.82) is 0 Å². The molecule has 2 aliphatic rings. The zero-order chi connectivity index (χ0) is 30.5. The van der Waals surface area contributed by atoms with Crippen LogP contribution in [0.15, 0.2) is 36.5 Å². The van der Waals surface area contributed by atoms with Crippen LogP contribution in [0.4, 0.5) is 23.2 Å². The summed E-state index contributed by atoms with van der Waals surface area (Å²) >= 11 is 0. The number of carbonyl (C=O) groups is 2. The molecule has 1 saturated carbocycles. The summed E-state index contributed by atoms with van der Waals surface area (Å²) < 4.78 is 73.7. The standard InChI is InChI=1S/C29H36F4N4O5/c1-17-24(21-8-5-18(30)15-23(21)41-20-6-7-20)25(42-28(17,2)29(31,32)33)27(39)37-19-9-12-35-22(16-19)26(38)36-11-4-14-40-13-3-10-34/h5,8-9,12,15-17,20,24-25H,3-4,6-7,10-11,13-14,34H2,1-2H3,(H,36,38)(H,35,37,39)/t17-,24-,25+,28+/m0/s1. The third kappa shape index (κ3) is 7.37. The third-order valence-corrected chi connectivity index (χ3v) is 7.58. The Kier molecular flexibility index (Phi) is 10.1. The quantitative estimate of drug-likeness (QED) is 0.232. The number of benzene rings is 1. The number of aromatic nitrogens is 1. The number of amides is 2. The smallest absolute Gasteiger partial charge is 0.417 e. The van der Waals surface area contributed by atoms with Crippen molar-refractivity contribution in [2.24, 2.45) is 11.7 Å². The van der Waals surface area contributed by atoms with E-state index in [-0.39, 0.29) is 28.8 Å². The molecule has 1 aromatic heterocycles. The van der Waals surface area contributed by atoms with Gasteiger partial charge in [-0.05, 0) is 57.4 Å². The zero-order valence-electron chi connectivity index (χ0n) is 23.5. The van der Waals surface area contributed by atoms with Crippen LogP contribution in [-0.2, 0) is 14.3 Å². The fourth-order valence-electron chi connectivity index (χ4n) is 4.87. The average Bonchev–Trinajstić information content (AvgIpc) is 3.71. The zero-order valence-corrected chi connectivity index (χ0v) is 23.5. The molecule has 0 spiro atoms. The lowest BCUT2D eigenvalue weighted by atomic mass is 9.77. The summed E-state index contributed by atoms with van der Waals surface area (Å²) in [5.41, 5.74) is 3.15. The van der Waals surface area contributed by atoms with Crippen LogP contribution >= 0.6 is 0 Å². The highest BCUT2D eigenvalue weighted by atomic mass is 19.4. The predicted molar refractivity (Wildman–Crippen MR) is 146 cm³/mol. The molecule has 4 atom stereocenters. The van der Waals surface area contributed by atoms with Crippen LogP contribution in [0.5, 0.6) is 5.75 Å². The number of carbonyl (C=O) groups excluding carboxylic acids is 2. The van der Waals surface area contributed by atoms with Crippen LogP contribution in [0.2, 0.25) is 0 Å². The lowest BCUT2D eigenvalue weighted by molar-refractivity contribution is -0.272. The molecule has 4 N–H and O–H groups in total. The Morgan fingerprint density at radius 2 is 1.90 bits per heavy atom. The number of rotatable bonds is 13. The van der Waals surface area contributed by atoms with Gasteiger partial charge in [-0.15, -0.1) is 0 Å². The first-order valence-corrected chi connectivity index (χ1v) is 14.0. The van der Waals surface area contributed by atoms with Gasteiger partial charge < -0.3 is 30.6 Å². The molecule has 0 bridgehead atoms. The van der Waals surface area contributed by atoms with Gasteiger partial charge in [0.25, 0.3) is 11.8 Å². The molecule has 1 aromatic carbocycles. The van der Waals surface area contributed by atoms with E-state index in [4.69, 9.17) is 19.9 Å². The Labute approximate surface area is 241 Å². The number of nitrogens with two attached hydrogens (primary N) is 1. The van der Waals surface area contributed by atoms with Gasteiger partial charge in [0.05, 0.1) is 6.10 Å². The maximum atomic E-state index is 14.3. The molecule has 2 heterocycles. The monoisotopic (exact) mass is 596 g/mol. The topological polar surface area (TPSA) is 125 Å². The number of hydrogen-bond donors (Lipinski definition) is 3. The minimum atomic E-state index is -4.80. The summed E-state index contributed by atoms with van der Waals surface area (Å²) in [6.45, 7) is 4.11. The van der Waals surface area contributed by atoms with Crippen molar-refractivity contribution in [2.75, 3.05) is 31.6 Å². The highest BCUT2D eigenvalue weighted by Crippen LogP contribution is 2.55. The van der Waals surface area contributed by atoms with Crippen molar-refractivity contribution in [3.63, 3.8) is 0 Å². The molecule has 0 radical (unpaired) electrons. The fourth-order valence-corrected chi connectivity index (χ4v) is 4.87. The molecule has 230 valence electrons. The molecule has 1 aliphatic carbocycles. The molecule has 2 amide bonds. The van der Waals surface area contributed by atoms with Crippen molar-refractivity contribution in [2.45, 2.75) is 69.4 Å². The molecular formula is C29H36F4N4O5. The number of nitrogens with zero attached hydrogens (tertiary/aromatic N) is 1. The Morgan fingerprint density at radius 3 is 2.60 bits per heavy atom. The fraction of sp³-hybridized carbons (Fsp3) is 0.552. The Bertz CT molecular complexity index is 1260. The number of hydrogen-bond acceptors (Lipinski definition) is 7. The van der Waals surface area contributed by atoms with Crippen LogP contribution in [0.3, 0.4) is 0 Å². The number of nitrogens with one attached hydrogen (secondary N) is 2. The summed E-state index contributed by atoms with van der Waals surface area (Å²) in [6, 6.07) is 6.33. The largest absolute Gasteiger partial charge is 0.490 e. The van der Waals surface area contributed by atoms with Crippen LogP contribution in [0.1, 0.15) is 61.5 Å². The van der Waals surface area contributed by atoms with Crippen LogP contribution < -0.4 is 21.1 Å². The average molecular weight is 597 g/mol. The van der Waals surface area contributed by atoms with Crippen molar-refractivity contribution in [3.05, 3.63) is 53.6 Å².